The number of halogens is 1. The monoisotopic (exact) mass is 460 g/mol. The highest BCUT2D eigenvalue weighted by Crippen LogP contribution is 2.29. The molecule has 4 aromatic rings. The molecule has 0 amide bonds. The van der Waals surface area contributed by atoms with Crippen molar-refractivity contribution in [1.29, 1.82) is 0 Å². The van der Waals surface area contributed by atoms with E-state index in [1.807, 2.05) is 47.0 Å². The highest BCUT2D eigenvalue weighted by Gasteiger charge is 2.21. The van der Waals surface area contributed by atoms with Crippen molar-refractivity contribution in [3.8, 4) is 23.0 Å². The summed E-state index contributed by atoms with van der Waals surface area (Å²) in [5.74, 6) is 1.18. The first-order chi connectivity index (χ1) is 16.6. The molecule has 2 aromatic heterocycles. The van der Waals surface area contributed by atoms with E-state index in [9.17, 15) is 4.39 Å². The lowest BCUT2D eigenvalue weighted by molar-refractivity contribution is -0.0686. The summed E-state index contributed by atoms with van der Waals surface area (Å²) < 4.78 is 27.6. The Morgan fingerprint density at radius 2 is 1.82 bits per heavy atom. The van der Waals surface area contributed by atoms with Crippen molar-refractivity contribution >= 4 is 11.0 Å². The molecule has 0 bridgehead atoms. The Bertz CT molecular complexity index is 1230. The van der Waals surface area contributed by atoms with Crippen LogP contribution in [0.2, 0.25) is 0 Å². The number of nitrogens with zero attached hydrogens (tertiary/aromatic N) is 4. The van der Waals surface area contributed by atoms with Gasteiger partial charge in [-0.2, -0.15) is 0 Å². The molecule has 5 rings (SSSR count). The SMILES string of the molecule is CC1CN(CCCOc2ccc(-n3c(-c4ccccn4)nc4cc(F)ccc43)cc2)CC(C)O1. The maximum atomic E-state index is 13.8. The fourth-order valence-corrected chi connectivity index (χ4v) is 4.62. The fraction of sp³-hybridized carbons (Fsp3) is 0.333. The van der Waals surface area contributed by atoms with Crippen molar-refractivity contribution in [3.63, 3.8) is 0 Å². The molecule has 1 aliphatic heterocycles. The first kappa shape index (κ1) is 22.5. The van der Waals surface area contributed by atoms with Gasteiger partial charge in [0, 0.05) is 37.6 Å². The van der Waals surface area contributed by atoms with E-state index >= 15 is 0 Å². The number of fused-ring (bicyclic) bond motifs is 1. The summed E-state index contributed by atoms with van der Waals surface area (Å²) in [7, 11) is 0. The first-order valence-electron chi connectivity index (χ1n) is 11.8. The molecule has 34 heavy (non-hydrogen) atoms. The minimum absolute atomic E-state index is 0.281. The third-order valence-electron chi connectivity index (χ3n) is 5.99. The third kappa shape index (κ3) is 4.95. The summed E-state index contributed by atoms with van der Waals surface area (Å²) in [4.78, 5) is 11.6. The Labute approximate surface area is 199 Å². The van der Waals surface area contributed by atoms with E-state index in [1.165, 1.54) is 12.1 Å². The maximum absolute atomic E-state index is 13.8. The van der Waals surface area contributed by atoms with Crippen LogP contribution in [0.5, 0.6) is 5.75 Å². The Morgan fingerprint density at radius 1 is 1.03 bits per heavy atom. The molecule has 1 aliphatic rings. The van der Waals surface area contributed by atoms with Gasteiger partial charge in [0.05, 0.1) is 29.8 Å². The van der Waals surface area contributed by atoms with E-state index in [-0.39, 0.29) is 18.0 Å². The number of imidazole rings is 1. The quantitative estimate of drug-likeness (QED) is 0.359. The fourth-order valence-electron chi connectivity index (χ4n) is 4.62. The number of aromatic nitrogens is 3. The topological polar surface area (TPSA) is 52.4 Å². The van der Waals surface area contributed by atoms with Gasteiger partial charge in [0.15, 0.2) is 5.82 Å². The molecule has 1 saturated heterocycles. The van der Waals surface area contributed by atoms with Gasteiger partial charge in [-0.3, -0.25) is 14.5 Å². The largest absolute Gasteiger partial charge is 0.494 e. The van der Waals surface area contributed by atoms with E-state index < -0.39 is 0 Å². The first-order valence-corrected chi connectivity index (χ1v) is 11.8. The number of hydrogen-bond donors (Lipinski definition) is 0. The summed E-state index contributed by atoms with van der Waals surface area (Å²) in [6.45, 7) is 7.85. The predicted octanol–water partition coefficient (Wildman–Crippen LogP) is 5.10. The molecule has 0 radical (unpaired) electrons. The van der Waals surface area contributed by atoms with Crippen molar-refractivity contribution in [1.82, 2.24) is 19.4 Å². The van der Waals surface area contributed by atoms with Crippen molar-refractivity contribution in [3.05, 3.63) is 72.7 Å². The summed E-state index contributed by atoms with van der Waals surface area (Å²) >= 11 is 0. The van der Waals surface area contributed by atoms with Gasteiger partial charge in [0.2, 0.25) is 0 Å². The number of rotatable bonds is 7. The van der Waals surface area contributed by atoms with Gasteiger partial charge in [0.25, 0.3) is 0 Å². The van der Waals surface area contributed by atoms with Crippen molar-refractivity contribution in [2.45, 2.75) is 32.5 Å². The van der Waals surface area contributed by atoms with Crippen LogP contribution in [0.25, 0.3) is 28.2 Å². The Balaban J connectivity index is 1.30. The molecule has 2 aromatic carbocycles. The molecule has 2 atom stereocenters. The lowest BCUT2D eigenvalue weighted by Crippen LogP contribution is -2.45. The lowest BCUT2D eigenvalue weighted by atomic mass is 10.2. The molecule has 2 unspecified atom stereocenters. The molecule has 0 N–H and O–H groups in total. The van der Waals surface area contributed by atoms with Crippen LogP contribution < -0.4 is 4.74 Å². The van der Waals surface area contributed by atoms with Gasteiger partial charge in [-0.05, 0) is 68.8 Å². The lowest BCUT2D eigenvalue weighted by Gasteiger charge is -2.35. The Hall–Kier alpha value is -3.29. The highest BCUT2D eigenvalue weighted by molar-refractivity contribution is 5.82. The normalized spacial score (nSPS) is 18.9. The number of benzene rings is 2. The van der Waals surface area contributed by atoms with Gasteiger partial charge in [-0.1, -0.05) is 6.07 Å². The summed E-state index contributed by atoms with van der Waals surface area (Å²) in [6.07, 6.45) is 3.25. The standard InChI is InChI=1S/C27H29FN4O2/c1-19-17-31(18-20(2)34-19)14-5-15-33-23-10-8-22(9-11-23)32-26-12-7-21(28)16-25(26)30-27(32)24-6-3-4-13-29-24/h3-4,6-13,16,19-20H,5,14-15,17-18H2,1-2H3. The molecule has 3 heterocycles. The summed E-state index contributed by atoms with van der Waals surface area (Å²) in [6, 6.07) is 18.3. The molecule has 1 fully saturated rings. The van der Waals surface area contributed by atoms with Gasteiger partial charge in [-0.15, -0.1) is 0 Å². The molecule has 7 heteroatoms. The van der Waals surface area contributed by atoms with Crippen molar-refractivity contribution in [2.75, 3.05) is 26.2 Å². The van der Waals surface area contributed by atoms with Gasteiger partial charge in [0.1, 0.15) is 17.3 Å². The Kier molecular flexibility index (Phi) is 6.56. The second kappa shape index (κ2) is 9.91. The zero-order chi connectivity index (χ0) is 23.5. The molecule has 0 aliphatic carbocycles. The van der Waals surface area contributed by atoms with E-state index in [1.54, 1.807) is 12.3 Å². The van der Waals surface area contributed by atoms with Crippen LogP contribution >= 0.6 is 0 Å². The van der Waals surface area contributed by atoms with E-state index in [0.29, 0.717) is 17.9 Å². The van der Waals surface area contributed by atoms with Gasteiger partial charge < -0.3 is 9.47 Å². The van der Waals surface area contributed by atoms with Gasteiger partial charge in [-0.25, -0.2) is 9.37 Å². The molecule has 0 saturated carbocycles. The van der Waals surface area contributed by atoms with Crippen LogP contribution in [-0.2, 0) is 4.74 Å². The number of pyridine rings is 1. The average molecular weight is 461 g/mol. The third-order valence-corrected chi connectivity index (χ3v) is 5.99. The number of morpholine rings is 1. The Morgan fingerprint density at radius 3 is 2.56 bits per heavy atom. The second-order valence-corrected chi connectivity index (χ2v) is 8.83. The minimum atomic E-state index is -0.311. The zero-order valence-electron chi connectivity index (χ0n) is 19.5. The second-order valence-electron chi connectivity index (χ2n) is 8.83. The van der Waals surface area contributed by atoms with Crippen molar-refractivity contribution in [2.24, 2.45) is 0 Å². The molecular formula is C27H29FN4O2. The van der Waals surface area contributed by atoms with Crippen LogP contribution in [0.3, 0.4) is 0 Å². The van der Waals surface area contributed by atoms with Gasteiger partial charge >= 0.3 is 0 Å². The predicted molar refractivity (Wildman–Crippen MR) is 131 cm³/mol. The van der Waals surface area contributed by atoms with Crippen LogP contribution in [0.15, 0.2) is 66.9 Å². The van der Waals surface area contributed by atoms with E-state index in [4.69, 9.17) is 9.47 Å². The molecule has 0 spiro atoms. The van der Waals surface area contributed by atoms with E-state index in [2.05, 4.69) is 28.7 Å². The zero-order valence-corrected chi connectivity index (χ0v) is 19.5. The summed E-state index contributed by atoms with van der Waals surface area (Å²) in [5.41, 5.74) is 3.06. The van der Waals surface area contributed by atoms with Crippen molar-refractivity contribution < 1.29 is 13.9 Å². The molecule has 176 valence electrons. The maximum Gasteiger partial charge on any atom is 0.164 e. The van der Waals surface area contributed by atoms with Crippen LogP contribution in [-0.4, -0.2) is 57.9 Å². The molecular weight excluding hydrogens is 431 g/mol. The molecule has 6 nitrogen and oxygen atoms in total. The average Bonchev–Trinajstić information content (AvgIpc) is 3.21. The van der Waals surface area contributed by atoms with Crippen LogP contribution in [0.1, 0.15) is 20.3 Å². The van der Waals surface area contributed by atoms with Crippen LogP contribution in [0.4, 0.5) is 4.39 Å². The highest BCUT2D eigenvalue weighted by atomic mass is 19.1. The smallest absolute Gasteiger partial charge is 0.164 e. The number of hydrogen-bond acceptors (Lipinski definition) is 5. The summed E-state index contributed by atoms with van der Waals surface area (Å²) in [5, 5.41) is 0. The van der Waals surface area contributed by atoms with E-state index in [0.717, 1.165) is 48.7 Å². The van der Waals surface area contributed by atoms with Crippen LogP contribution in [0, 0.1) is 5.82 Å². The minimum Gasteiger partial charge on any atom is -0.494 e. The number of ether oxygens (including phenoxy) is 2.